The summed E-state index contributed by atoms with van der Waals surface area (Å²) in [5.41, 5.74) is 0.514. The summed E-state index contributed by atoms with van der Waals surface area (Å²) in [5, 5.41) is 13.8. The van der Waals surface area contributed by atoms with Gasteiger partial charge in [0, 0.05) is 24.2 Å². The molecule has 0 amide bonds. The van der Waals surface area contributed by atoms with E-state index in [4.69, 9.17) is 4.52 Å². The monoisotopic (exact) mass is 278 g/mol. The Hall–Kier alpha value is -1.60. The maximum Gasteiger partial charge on any atom is 0.261 e. The highest BCUT2D eigenvalue weighted by molar-refractivity contribution is 7.99. The molecule has 7 heteroatoms. The van der Waals surface area contributed by atoms with Crippen molar-refractivity contribution < 1.29 is 9.63 Å². The summed E-state index contributed by atoms with van der Waals surface area (Å²) in [4.78, 5) is 10.4. The summed E-state index contributed by atoms with van der Waals surface area (Å²) >= 11 is 1.89. The largest absolute Gasteiger partial charge is 0.505 e. The number of rotatable bonds is 2. The second-order valence-electron chi connectivity index (χ2n) is 4.42. The van der Waals surface area contributed by atoms with E-state index in [9.17, 15) is 5.11 Å². The molecule has 1 unspecified atom stereocenters. The molecule has 0 aliphatic carbocycles. The fourth-order valence-electron chi connectivity index (χ4n) is 2.00. The molecule has 1 aliphatic heterocycles. The van der Waals surface area contributed by atoms with Crippen molar-refractivity contribution in [2.75, 3.05) is 25.1 Å². The third-order valence-electron chi connectivity index (χ3n) is 3.17. The molecule has 1 N–H and O–H groups in total. The van der Waals surface area contributed by atoms with Gasteiger partial charge in [-0.2, -0.15) is 16.7 Å². The van der Waals surface area contributed by atoms with Crippen LogP contribution < -0.4 is 0 Å². The highest BCUT2D eigenvalue weighted by Gasteiger charge is 2.26. The van der Waals surface area contributed by atoms with Crippen molar-refractivity contribution in [1.82, 2.24) is 20.0 Å². The number of aromatic nitrogens is 3. The first-order chi connectivity index (χ1) is 9.25. The van der Waals surface area contributed by atoms with E-state index in [1.807, 2.05) is 11.8 Å². The van der Waals surface area contributed by atoms with Gasteiger partial charge < -0.3 is 9.63 Å². The smallest absolute Gasteiger partial charge is 0.261 e. The van der Waals surface area contributed by atoms with Gasteiger partial charge in [0.05, 0.1) is 17.8 Å². The van der Waals surface area contributed by atoms with E-state index in [1.165, 1.54) is 6.20 Å². The van der Waals surface area contributed by atoms with Crippen molar-refractivity contribution in [3.8, 4) is 17.2 Å². The van der Waals surface area contributed by atoms with Gasteiger partial charge in [-0.15, -0.1) is 0 Å². The van der Waals surface area contributed by atoms with Gasteiger partial charge in [-0.3, -0.25) is 9.88 Å². The Bertz CT molecular complexity index is 574. The predicted molar refractivity (Wildman–Crippen MR) is 71.9 cm³/mol. The van der Waals surface area contributed by atoms with Crippen LogP contribution in [0.1, 0.15) is 11.9 Å². The van der Waals surface area contributed by atoms with Gasteiger partial charge >= 0.3 is 0 Å². The molecule has 0 spiro atoms. The number of thioether (sulfide) groups is 1. The van der Waals surface area contributed by atoms with Crippen molar-refractivity contribution in [1.29, 1.82) is 0 Å². The molecular weight excluding hydrogens is 264 g/mol. The predicted octanol–water partition coefficient (Wildman–Crippen LogP) is 1.56. The van der Waals surface area contributed by atoms with E-state index >= 15 is 0 Å². The van der Waals surface area contributed by atoms with Crippen molar-refractivity contribution in [2.45, 2.75) is 6.04 Å². The zero-order valence-corrected chi connectivity index (χ0v) is 11.3. The molecule has 1 aliphatic rings. The van der Waals surface area contributed by atoms with Gasteiger partial charge in [-0.1, -0.05) is 5.16 Å². The molecular formula is C12H14N4O2S. The Labute approximate surface area is 114 Å². The minimum atomic E-state index is 0.0454. The molecule has 19 heavy (non-hydrogen) atoms. The van der Waals surface area contributed by atoms with Crippen LogP contribution in [-0.4, -0.2) is 50.2 Å². The fourth-order valence-corrected chi connectivity index (χ4v) is 3.22. The number of pyridine rings is 1. The van der Waals surface area contributed by atoms with Crippen LogP contribution >= 0.6 is 11.8 Å². The van der Waals surface area contributed by atoms with Crippen LogP contribution in [-0.2, 0) is 0 Å². The van der Waals surface area contributed by atoms with Crippen molar-refractivity contribution in [3.05, 3.63) is 24.3 Å². The second kappa shape index (κ2) is 5.18. The lowest BCUT2D eigenvalue weighted by Crippen LogP contribution is -2.33. The Morgan fingerprint density at radius 2 is 2.42 bits per heavy atom. The van der Waals surface area contributed by atoms with E-state index in [-0.39, 0.29) is 11.8 Å². The molecule has 1 atom stereocenters. The molecule has 3 rings (SSSR count). The maximum absolute atomic E-state index is 9.73. The van der Waals surface area contributed by atoms with Crippen LogP contribution in [0.5, 0.6) is 5.75 Å². The van der Waals surface area contributed by atoms with E-state index < -0.39 is 0 Å². The van der Waals surface area contributed by atoms with Gasteiger partial charge in [0.2, 0.25) is 0 Å². The molecule has 1 saturated heterocycles. The molecule has 0 aromatic carbocycles. The molecule has 1 fully saturated rings. The minimum Gasteiger partial charge on any atom is -0.505 e. The number of hydrogen-bond donors (Lipinski definition) is 1. The van der Waals surface area contributed by atoms with Crippen LogP contribution in [0.15, 0.2) is 23.0 Å². The zero-order valence-electron chi connectivity index (χ0n) is 10.5. The third-order valence-corrected chi connectivity index (χ3v) is 4.19. The number of aromatic hydroxyl groups is 1. The van der Waals surface area contributed by atoms with Crippen LogP contribution in [0, 0.1) is 0 Å². The Kier molecular flexibility index (Phi) is 3.39. The molecule has 0 saturated carbocycles. The number of nitrogens with zero attached hydrogens (tertiary/aromatic N) is 4. The summed E-state index contributed by atoms with van der Waals surface area (Å²) < 4.78 is 5.25. The van der Waals surface area contributed by atoms with Gasteiger partial charge in [-0.25, -0.2) is 0 Å². The first-order valence-corrected chi connectivity index (χ1v) is 7.16. The van der Waals surface area contributed by atoms with Crippen molar-refractivity contribution in [3.63, 3.8) is 0 Å². The third kappa shape index (κ3) is 2.43. The number of hydrogen-bond acceptors (Lipinski definition) is 7. The Morgan fingerprint density at radius 1 is 1.53 bits per heavy atom. The average molecular weight is 278 g/mol. The van der Waals surface area contributed by atoms with Gasteiger partial charge in [0.25, 0.3) is 5.89 Å². The van der Waals surface area contributed by atoms with E-state index in [0.29, 0.717) is 17.3 Å². The highest BCUT2D eigenvalue weighted by Crippen LogP contribution is 2.30. The molecule has 2 aromatic rings. The first-order valence-electron chi connectivity index (χ1n) is 6.00. The normalized spacial score (nSPS) is 20.6. The van der Waals surface area contributed by atoms with Gasteiger partial charge in [0.1, 0.15) is 5.75 Å². The summed E-state index contributed by atoms with van der Waals surface area (Å²) in [6, 6.07) is 1.83. The maximum atomic E-state index is 9.73. The lowest BCUT2D eigenvalue weighted by molar-refractivity contribution is 0.257. The standard InChI is InChI=1S/C12H14N4O2S/c1-16-4-5-19-7-9(16)11-14-12(18-15-11)8-2-3-13-6-10(8)17/h2-3,6,9,17H,4-5,7H2,1H3. The molecule has 0 radical (unpaired) electrons. The molecule has 2 aromatic heterocycles. The van der Waals surface area contributed by atoms with E-state index in [0.717, 1.165) is 18.1 Å². The van der Waals surface area contributed by atoms with E-state index in [2.05, 4.69) is 27.1 Å². The first kappa shape index (κ1) is 12.4. The summed E-state index contributed by atoms with van der Waals surface area (Å²) in [7, 11) is 2.06. The van der Waals surface area contributed by atoms with Crippen LogP contribution in [0.2, 0.25) is 0 Å². The second-order valence-corrected chi connectivity index (χ2v) is 5.57. The zero-order chi connectivity index (χ0) is 13.2. The quantitative estimate of drug-likeness (QED) is 0.893. The SMILES string of the molecule is CN1CCSCC1c1noc(-c2ccncc2O)n1. The lowest BCUT2D eigenvalue weighted by Gasteiger charge is -2.29. The lowest BCUT2D eigenvalue weighted by atomic mass is 10.2. The average Bonchev–Trinajstić information content (AvgIpc) is 2.89. The molecule has 0 bridgehead atoms. The molecule has 100 valence electrons. The Morgan fingerprint density at radius 3 is 3.21 bits per heavy atom. The summed E-state index contributed by atoms with van der Waals surface area (Å²) in [6.45, 7) is 1.01. The topological polar surface area (TPSA) is 75.3 Å². The van der Waals surface area contributed by atoms with Gasteiger partial charge in [0.15, 0.2) is 5.82 Å². The fraction of sp³-hybridized carbons (Fsp3) is 0.417. The van der Waals surface area contributed by atoms with Crippen LogP contribution in [0.3, 0.4) is 0 Å². The van der Waals surface area contributed by atoms with Crippen molar-refractivity contribution >= 4 is 11.8 Å². The molecule has 3 heterocycles. The Balaban J connectivity index is 1.89. The van der Waals surface area contributed by atoms with E-state index in [1.54, 1.807) is 12.3 Å². The minimum absolute atomic E-state index is 0.0454. The van der Waals surface area contributed by atoms with Crippen LogP contribution in [0.25, 0.3) is 11.5 Å². The van der Waals surface area contributed by atoms with Gasteiger partial charge in [-0.05, 0) is 13.1 Å². The highest BCUT2D eigenvalue weighted by atomic mass is 32.2. The van der Waals surface area contributed by atoms with Crippen molar-refractivity contribution in [2.24, 2.45) is 0 Å². The summed E-state index contributed by atoms with van der Waals surface area (Å²) in [6.07, 6.45) is 2.95. The summed E-state index contributed by atoms with van der Waals surface area (Å²) in [5.74, 6) is 3.13. The van der Waals surface area contributed by atoms with Crippen LogP contribution in [0.4, 0.5) is 0 Å². The molecule has 6 nitrogen and oxygen atoms in total.